The SMILES string of the molecule is NNc1c[c]ccc1F. The standard InChI is InChI=1S/C6H6FN2/c7-5-3-1-2-4-6(5)9-8/h1,3-4,9H,8H2. The van der Waals surface area contributed by atoms with Crippen LogP contribution in [0.5, 0.6) is 0 Å². The second-order valence-corrected chi connectivity index (χ2v) is 1.55. The van der Waals surface area contributed by atoms with Gasteiger partial charge in [-0.2, -0.15) is 0 Å². The fourth-order valence-electron chi connectivity index (χ4n) is 0.522. The lowest BCUT2D eigenvalue weighted by Gasteiger charge is -1.97. The summed E-state index contributed by atoms with van der Waals surface area (Å²) in [4.78, 5) is 0. The molecule has 0 fully saturated rings. The van der Waals surface area contributed by atoms with Gasteiger partial charge in [0.25, 0.3) is 0 Å². The first-order chi connectivity index (χ1) is 4.34. The number of rotatable bonds is 1. The molecule has 1 aromatic rings. The van der Waals surface area contributed by atoms with Gasteiger partial charge in [-0.15, -0.1) is 0 Å². The largest absolute Gasteiger partial charge is 0.321 e. The zero-order valence-corrected chi connectivity index (χ0v) is 4.69. The lowest BCUT2D eigenvalue weighted by atomic mass is 10.3. The van der Waals surface area contributed by atoms with Gasteiger partial charge in [0.1, 0.15) is 5.82 Å². The molecule has 0 aliphatic heterocycles. The number of hydrazine groups is 1. The Morgan fingerprint density at radius 3 is 2.89 bits per heavy atom. The van der Waals surface area contributed by atoms with E-state index in [2.05, 4.69) is 11.5 Å². The number of nitrogen functional groups attached to an aromatic ring is 1. The highest BCUT2D eigenvalue weighted by atomic mass is 19.1. The smallest absolute Gasteiger partial charge is 0.147 e. The molecule has 0 amide bonds. The van der Waals surface area contributed by atoms with Crippen LogP contribution in [-0.2, 0) is 0 Å². The first-order valence-corrected chi connectivity index (χ1v) is 2.47. The summed E-state index contributed by atoms with van der Waals surface area (Å²) in [6.07, 6.45) is 0. The minimum atomic E-state index is -0.365. The van der Waals surface area contributed by atoms with Gasteiger partial charge in [0.2, 0.25) is 0 Å². The van der Waals surface area contributed by atoms with Crippen molar-refractivity contribution in [2.75, 3.05) is 5.43 Å². The second-order valence-electron chi connectivity index (χ2n) is 1.55. The van der Waals surface area contributed by atoms with Gasteiger partial charge in [0.05, 0.1) is 5.69 Å². The lowest BCUT2D eigenvalue weighted by molar-refractivity contribution is 0.630. The number of benzene rings is 1. The topological polar surface area (TPSA) is 38.0 Å². The lowest BCUT2D eigenvalue weighted by Crippen LogP contribution is -2.07. The molecule has 0 spiro atoms. The molecule has 47 valence electrons. The van der Waals surface area contributed by atoms with Crippen LogP contribution >= 0.6 is 0 Å². The third kappa shape index (κ3) is 1.17. The highest BCUT2D eigenvalue weighted by molar-refractivity contribution is 5.42. The number of hydrogen-bond acceptors (Lipinski definition) is 2. The number of hydrogen-bond donors (Lipinski definition) is 2. The van der Waals surface area contributed by atoms with Gasteiger partial charge >= 0.3 is 0 Å². The van der Waals surface area contributed by atoms with Crippen LogP contribution in [0.4, 0.5) is 10.1 Å². The molecule has 0 bridgehead atoms. The molecule has 0 saturated heterocycles. The van der Waals surface area contributed by atoms with Gasteiger partial charge in [0.15, 0.2) is 0 Å². The molecule has 0 heterocycles. The molecule has 0 saturated carbocycles. The van der Waals surface area contributed by atoms with Crippen LogP contribution in [0.2, 0.25) is 0 Å². The summed E-state index contributed by atoms with van der Waals surface area (Å²) in [6.45, 7) is 0. The third-order valence-corrected chi connectivity index (χ3v) is 0.966. The van der Waals surface area contributed by atoms with Gasteiger partial charge in [0, 0.05) is 0 Å². The fourth-order valence-corrected chi connectivity index (χ4v) is 0.522. The summed E-state index contributed by atoms with van der Waals surface area (Å²) >= 11 is 0. The Morgan fingerprint density at radius 1 is 1.67 bits per heavy atom. The molecule has 2 nitrogen and oxygen atoms in total. The number of halogens is 1. The Hall–Kier alpha value is -1.09. The molecule has 0 atom stereocenters. The van der Waals surface area contributed by atoms with Crippen molar-refractivity contribution < 1.29 is 4.39 Å². The Kier molecular flexibility index (Phi) is 1.65. The molecule has 3 heteroatoms. The Morgan fingerprint density at radius 2 is 2.44 bits per heavy atom. The van der Waals surface area contributed by atoms with E-state index in [1.54, 1.807) is 0 Å². The van der Waals surface area contributed by atoms with Gasteiger partial charge in [-0.1, -0.05) is 6.07 Å². The van der Waals surface area contributed by atoms with E-state index in [1.165, 1.54) is 18.2 Å². The normalized spacial score (nSPS) is 9.11. The zero-order chi connectivity index (χ0) is 6.69. The summed E-state index contributed by atoms with van der Waals surface area (Å²) in [6, 6.07) is 6.88. The van der Waals surface area contributed by atoms with Crippen LogP contribution in [0.3, 0.4) is 0 Å². The maximum absolute atomic E-state index is 12.4. The molecule has 1 radical (unpaired) electrons. The van der Waals surface area contributed by atoms with E-state index < -0.39 is 0 Å². The first-order valence-electron chi connectivity index (χ1n) is 2.47. The maximum atomic E-state index is 12.4. The van der Waals surface area contributed by atoms with Crippen molar-refractivity contribution in [2.45, 2.75) is 0 Å². The number of nitrogens with one attached hydrogen (secondary N) is 1. The van der Waals surface area contributed by atoms with Crippen LogP contribution < -0.4 is 11.3 Å². The van der Waals surface area contributed by atoms with Gasteiger partial charge in [-0.3, -0.25) is 5.84 Å². The van der Waals surface area contributed by atoms with Gasteiger partial charge < -0.3 is 5.43 Å². The molecule has 1 aromatic carbocycles. The van der Waals surface area contributed by atoms with E-state index in [9.17, 15) is 4.39 Å². The number of anilines is 1. The molecular weight excluding hydrogens is 119 g/mol. The minimum Gasteiger partial charge on any atom is -0.321 e. The van der Waals surface area contributed by atoms with Crippen molar-refractivity contribution in [2.24, 2.45) is 5.84 Å². The van der Waals surface area contributed by atoms with E-state index in [1.807, 2.05) is 0 Å². The van der Waals surface area contributed by atoms with Crippen LogP contribution in [0, 0.1) is 11.9 Å². The summed E-state index contributed by atoms with van der Waals surface area (Å²) in [5.74, 6) is 4.58. The average molecular weight is 125 g/mol. The van der Waals surface area contributed by atoms with E-state index in [0.29, 0.717) is 0 Å². The van der Waals surface area contributed by atoms with Crippen molar-refractivity contribution in [1.82, 2.24) is 0 Å². The van der Waals surface area contributed by atoms with Crippen molar-refractivity contribution in [3.8, 4) is 0 Å². The Bertz CT molecular complexity index is 200. The zero-order valence-electron chi connectivity index (χ0n) is 4.69. The molecule has 0 aliphatic rings. The van der Waals surface area contributed by atoms with Gasteiger partial charge in [-0.05, 0) is 18.2 Å². The van der Waals surface area contributed by atoms with Crippen LogP contribution in [0.15, 0.2) is 18.2 Å². The van der Waals surface area contributed by atoms with E-state index in [-0.39, 0.29) is 11.5 Å². The molecule has 0 aromatic heterocycles. The first kappa shape index (κ1) is 6.04. The molecular formula is C6H6FN2. The van der Waals surface area contributed by atoms with E-state index in [4.69, 9.17) is 5.84 Å². The quantitative estimate of drug-likeness (QED) is 0.432. The van der Waals surface area contributed by atoms with E-state index in [0.717, 1.165) is 0 Å². The predicted octanol–water partition coefficient (Wildman–Crippen LogP) is 0.911. The van der Waals surface area contributed by atoms with Crippen molar-refractivity contribution in [3.63, 3.8) is 0 Å². The summed E-state index contributed by atoms with van der Waals surface area (Å²) in [5, 5.41) is 0. The predicted molar refractivity (Wildman–Crippen MR) is 33.0 cm³/mol. The summed E-state index contributed by atoms with van der Waals surface area (Å²) in [5.41, 5.74) is 2.45. The Balaban J connectivity index is 3.01. The highest BCUT2D eigenvalue weighted by Gasteiger charge is 1.94. The molecule has 9 heavy (non-hydrogen) atoms. The van der Waals surface area contributed by atoms with Crippen molar-refractivity contribution >= 4 is 5.69 Å². The summed E-state index contributed by atoms with van der Waals surface area (Å²) < 4.78 is 12.4. The van der Waals surface area contributed by atoms with Crippen LogP contribution in [0.1, 0.15) is 0 Å². The van der Waals surface area contributed by atoms with Crippen molar-refractivity contribution in [1.29, 1.82) is 0 Å². The third-order valence-electron chi connectivity index (χ3n) is 0.966. The van der Waals surface area contributed by atoms with Gasteiger partial charge in [-0.25, -0.2) is 4.39 Å². The second kappa shape index (κ2) is 2.46. The fraction of sp³-hybridized carbons (Fsp3) is 0. The van der Waals surface area contributed by atoms with E-state index >= 15 is 0 Å². The number of nitrogens with two attached hydrogens (primary N) is 1. The molecule has 3 N–H and O–H groups in total. The molecule has 0 unspecified atom stereocenters. The molecule has 0 aliphatic carbocycles. The Labute approximate surface area is 52.5 Å². The van der Waals surface area contributed by atoms with Crippen LogP contribution in [0.25, 0.3) is 0 Å². The van der Waals surface area contributed by atoms with Crippen molar-refractivity contribution in [3.05, 3.63) is 30.1 Å². The molecule has 1 rings (SSSR count). The summed E-state index contributed by atoms with van der Waals surface area (Å²) in [7, 11) is 0. The maximum Gasteiger partial charge on any atom is 0.147 e. The van der Waals surface area contributed by atoms with Crippen LogP contribution in [-0.4, -0.2) is 0 Å². The minimum absolute atomic E-state index is 0.262. The average Bonchev–Trinajstić information content (AvgIpc) is 1.89. The monoisotopic (exact) mass is 125 g/mol. The highest BCUT2D eigenvalue weighted by Crippen LogP contribution is 2.08.